The predicted octanol–water partition coefficient (Wildman–Crippen LogP) is 3.36. The van der Waals surface area contributed by atoms with Crippen LogP contribution in [0.4, 0.5) is 35.0 Å². The van der Waals surface area contributed by atoms with E-state index < -0.39 is 17.7 Å². The maximum atomic E-state index is 13.7. The molecule has 26 heavy (non-hydrogen) atoms. The molecule has 0 amide bonds. The lowest BCUT2D eigenvalue weighted by atomic mass is 10.3. The molecular weight excluding hydrogens is 354 g/mol. The smallest absolute Gasteiger partial charge is 0.433 e. The Morgan fingerprint density at radius 1 is 1.15 bits per heavy atom. The van der Waals surface area contributed by atoms with Crippen LogP contribution < -0.4 is 15.4 Å². The molecule has 0 radical (unpaired) electrons. The van der Waals surface area contributed by atoms with E-state index in [9.17, 15) is 17.6 Å². The zero-order valence-corrected chi connectivity index (χ0v) is 14.5. The highest BCUT2D eigenvalue weighted by Gasteiger charge is 2.33. The number of anilines is 3. The second kappa shape index (κ2) is 8.17. The molecule has 1 aromatic carbocycles. The first-order chi connectivity index (χ1) is 12.2. The molecule has 0 spiro atoms. The van der Waals surface area contributed by atoms with E-state index in [1.54, 1.807) is 0 Å². The van der Waals surface area contributed by atoms with Gasteiger partial charge in [-0.3, -0.25) is 0 Å². The first-order valence-electron chi connectivity index (χ1n) is 7.64. The Bertz CT molecular complexity index is 752. The average Bonchev–Trinajstić information content (AvgIpc) is 2.53. The van der Waals surface area contributed by atoms with E-state index in [1.807, 2.05) is 19.0 Å². The first kappa shape index (κ1) is 19.7. The van der Waals surface area contributed by atoms with Crippen molar-refractivity contribution in [2.45, 2.75) is 6.18 Å². The summed E-state index contributed by atoms with van der Waals surface area (Å²) < 4.78 is 57.8. The van der Waals surface area contributed by atoms with E-state index in [0.717, 1.165) is 12.1 Å². The van der Waals surface area contributed by atoms with Crippen LogP contribution in [0.15, 0.2) is 24.3 Å². The lowest BCUT2D eigenvalue weighted by Crippen LogP contribution is -2.22. The summed E-state index contributed by atoms with van der Waals surface area (Å²) in [5.41, 5.74) is -0.870. The second-order valence-electron chi connectivity index (χ2n) is 5.66. The largest absolute Gasteiger partial charge is 0.494 e. The van der Waals surface area contributed by atoms with Gasteiger partial charge in [-0.1, -0.05) is 0 Å². The molecule has 1 aromatic heterocycles. The molecule has 0 aliphatic carbocycles. The van der Waals surface area contributed by atoms with Crippen molar-refractivity contribution in [1.29, 1.82) is 0 Å². The summed E-state index contributed by atoms with van der Waals surface area (Å²) >= 11 is 0. The number of ether oxygens (including phenoxy) is 1. The van der Waals surface area contributed by atoms with Crippen molar-refractivity contribution in [2.75, 3.05) is 44.9 Å². The average molecular weight is 373 g/mol. The SMILES string of the molecule is COc1ccc(Nc2cc(C(F)(F)F)nc(NCCN(C)C)n2)cc1F. The molecule has 142 valence electrons. The molecule has 0 aliphatic heterocycles. The zero-order chi connectivity index (χ0) is 19.3. The van der Waals surface area contributed by atoms with Crippen molar-refractivity contribution >= 4 is 17.5 Å². The fourth-order valence-corrected chi connectivity index (χ4v) is 2.02. The summed E-state index contributed by atoms with van der Waals surface area (Å²) in [6.07, 6.45) is -4.64. The van der Waals surface area contributed by atoms with Crippen LogP contribution in [0.2, 0.25) is 0 Å². The molecule has 6 nitrogen and oxygen atoms in total. The van der Waals surface area contributed by atoms with Gasteiger partial charge in [-0.25, -0.2) is 9.37 Å². The van der Waals surface area contributed by atoms with Crippen LogP contribution in [0.25, 0.3) is 0 Å². The fraction of sp³-hybridized carbons (Fsp3) is 0.375. The van der Waals surface area contributed by atoms with Crippen LogP contribution in [-0.2, 0) is 6.18 Å². The van der Waals surface area contributed by atoms with Gasteiger partial charge in [0.25, 0.3) is 0 Å². The summed E-state index contributed by atoms with van der Waals surface area (Å²) in [5.74, 6) is -0.894. The number of nitrogens with one attached hydrogen (secondary N) is 2. The zero-order valence-electron chi connectivity index (χ0n) is 14.5. The lowest BCUT2D eigenvalue weighted by molar-refractivity contribution is -0.141. The number of hydrogen-bond donors (Lipinski definition) is 2. The third kappa shape index (κ3) is 5.45. The lowest BCUT2D eigenvalue weighted by Gasteiger charge is -2.14. The van der Waals surface area contributed by atoms with Gasteiger partial charge >= 0.3 is 6.18 Å². The monoisotopic (exact) mass is 373 g/mol. The second-order valence-corrected chi connectivity index (χ2v) is 5.66. The number of benzene rings is 1. The Labute approximate surface area is 148 Å². The fourth-order valence-electron chi connectivity index (χ4n) is 2.02. The van der Waals surface area contributed by atoms with Crippen molar-refractivity contribution in [3.63, 3.8) is 0 Å². The molecule has 0 saturated heterocycles. The third-order valence-electron chi connectivity index (χ3n) is 3.28. The van der Waals surface area contributed by atoms with Crippen LogP contribution in [0.5, 0.6) is 5.75 Å². The molecule has 0 aliphatic rings. The molecule has 0 fully saturated rings. The summed E-state index contributed by atoms with van der Waals surface area (Å²) in [5, 5.41) is 5.40. The minimum absolute atomic E-state index is 0.0280. The highest BCUT2D eigenvalue weighted by atomic mass is 19.4. The van der Waals surface area contributed by atoms with Gasteiger partial charge in [0, 0.05) is 30.9 Å². The van der Waals surface area contributed by atoms with E-state index in [0.29, 0.717) is 13.1 Å². The maximum absolute atomic E-state index is 13.7. The summed E-state index contributed by atoms with van der Waals surface area (Å²) in [4.78, 5) is 9.36. The molecule has 2 aromatic rings. The molecular formula is C16H19F4N5O. The standard InChI is InChI=1S/C16H19F4N5O/c1-25(2)7-6-21-15-23-13(16(18,19)20)9-14(24-15)22-10-4-5-12(26-3)11(17)8-10/h4-5,8-9H,6-7H2,1-3H3,(H2,21,22,23,24). The van der Waals surface area contributed by atoms with Gasteiger partial charge in [-0.2, -0.15) is 18.2 Å². The van der Waals surface area contributed by atoms with Crippen LogP contribution in [0.1, 0.15) is 5.69 Å². The highest BCUT2D eigenvalue weighted by Crippen LogP contribution is 2.31. The Balaban J connectivity index is 2.26. The topological polar surface area (TPSA) is 62.3 Å². The quantitative estimate of drug-likeness (QED) is 0.726. The van der Waals surface area contributed by atoms with Crippen LogP contribution >= 0.6 is 0 Å². The predicted molar refractivity (Wildman–Crippen MR) is 90.3 cm³/mol. The molecule has 2 N–H and O–H groups in total. The highest BCUT2D eigenvalue weighted by molar-refractivity contribution is 5.59. The van der Waals surface area contributed by atoms with E-state index in [1.165, 1.54) is 19.2 Å². The summed E-state index contributed by atoms with van der Waals surface area (Å²) in [7, 11) is 4.98. The number of halogens is 4. The first-order valence-corrected chi connectivity index (χ1v) is 7.64. The Hall–Kier alpha value is -2.62. The third-order valence-corrected chi connectivity index (χ3v) is 3.28. The molecule has 0 bridgehead atoms. The van der Waals surface area contributed by atoms with Gasteiger partial charge in [0.2, 0.25) is 5.95 Å². The Morgan fingerprint density at radius 2 is 1.88 bits per heavy atom. The van der Waals surface area contributed by atoms with Gasteiger partial charge in [0.05, 0.1) is 7.11 Å². The normalized spacial score (nSPS) is 11.5. The maximum Gasteiger partial charge on any atom is 0.433 e. The number of nitrogens with zero attached hydrogens (tertiary/aromatic N) is 3. The number of aromatic nitrogens is 2. The number of hydrogen-bond acceptors (Lipinski definition) is 6. The minimum Gasteiger partial charge on any atom is -0.494 e. The summed E-state index contributed by atoms with van der Waals surface area (Å²) in [6.45, 7) is 0.955. The van der Waals surface area contributed by atoms with Crippen molar-refractivity contribution < 1.29 is 22.3 Å². The van der Waals surface area contributed by atoms with Crippen molar-refractivity contribution in [2.24, 2.45) is 0 Å². The Kier molecular flexibility index (Phi) is 6.19. The molecule has 0 unspecified atom stereocenters. The molecule has 0 saturated carbocycles. The van der Waals surface area contributed by atoms with Gasteiger partial charge in [0.15, 0.2) is 17.3 Å². The summed E-state index contributed by atoms with van der Waals surface area (Å²) in [6, 6.07) is 4.70. The number of likely N-dealkylation sites (N-methyl/N-ethyl adjacent to an activating group) is 1. The van der Waals surface area contributed by atoms with Crippen molar-refractivity contribution in [3.8, 4) is 5.75 Å². The number of rotatable bonds is 7. The van der Waals surface area contributed by atoms with Gasteiger partial charge < -0.3 is 20.3 Å². The molecule has 2 rings (SSSR count). The minimum atomic E-state index is -4.64. The number of alkyl halides is 3. The van der Waals surface area contributed by atoms with E-state index in [-0.39, 0.29) is 23.2 Å². The van der Waals surface area contributed by atoms with E-state index in [2.05, 4.69) is 20.6 Å². The molecule has 10 heteroatoms. The van der Waals surface area contributed by atoms with Gasteiger partial charge in [-0.15, -0.1) is 0 Å². The van der Waals surface area contributed by atoms with E-state index >= 15 is 0 Å². The molecule has 1 heterocycles. The van der Waals surface area contributed by atoms with E-state index in [4.69, 9.17) is 4.74 Å². The molecule has 0 atom stereocenters. The van der Waals surface area contributed by atoms with Gasteiger partial charge in [-0.05, 0) is 26.2 Å². The van der Waals surface area contributed by atoms with Crippen LogP contribution in [0.3, 0.4) is 0 Å². The van der Waals surface area contributed by atoms with Crippen molar-refractivity contribution in [3.05, 3.63) is 35.8 Å². The van der Waals surface area contributed by atoms with Crippen LogP contribution in [0, 0.1) is 5.82 Å². The van der Waals surface area contributed by atoms with Crippen LogP contribution in [-0.4, -0.2) is 49.2 Å². The van der Waals surface area contributed by atoms with Gasteiger partial charge in [0.1, 0.15) is 5.82 Å². The Morgan fingerprint density at radius 3 is 2.46 bits per heavy atom. The van der Waals surface area contributed by atoms with Crippen molar-refractivity contribution in [1.82, 2.24) is 14.9 Å². The number of methoxy groups -OCH3 is 1.